The summed E-state index contributed by atoms with van der Waals surface area (Å²) in [6, 6.07) is 5.02. The maximum absolute atomic E-state index is 13.6. The lowest BCUT2D eigenvalue weighted by Gasteiger charge is -2.27. The normalized spacial score (nSPS) is 23.7. The molecule has 0 aromatic heterocycles. The third-order valence-electron chi connectivity index (χ3n) is 3.38. The maximum atomic E-state index is 13.6. The van der Waals surface area contributed by atoms with Crippen LogP contribution in [0.15, 0.2) is 18.2 Å². The Morgan fingerprint density at radius 3 is 2.50 bits per heavy atom. The average Bonchev–Trinajstić information content (AvgIpc) is 2.32. The number of halogens is 1. The summed E-state index contributed by atoms with van der Waals surface area (Å²) in [6.45, 7) is 0. The lowest BCUT2D eigenvalue weighted by molar-refractivity contribution is 0.0996. The van der Waals surface area contributed by atoms with Crippen LogP contribution in [0, 0.1) is 5.82 Å². The lowest BCUT2D eigenvalue weighted by atomic mass is 9.91. The molecule has 4 nitrogen and oxygen atoms in total. The molecular weight excluding hydrogens is 233 g/mol. The topological polar surface area (TPSA) is 81.1 Å². The first-order valence-electron chi connectivity index (χ1n) is 6.17. The first-order valence-corrected chi connectivity index (χ1v) is 6.17. The SMILES string of the molecule is NC(=O)c1ccc(N[C@H]2CC[C@H](N)CC2)cc1F. The summed E-state index contributed by atoms with van der Waals surface area (Å²) in [6.07, 6.45) is 3.94. The van der Waals surface area contributed by atoms with Crippen molar-refractivity contribution in [1.82, 2.24) is 0 Å². The number of amides is 1. The summed E-state index contributed by atoms with van der Waals surface area (Å²) < 4.78 is 13.6. The van der Waals surface area contributed by atoms with E-state index in [1.807, 2.05) is 0 Å². The molecule has 1 amide bonds. The lowest BCUT2D eigenvalue weighted by Crippen LogP contribution is -2.32. The molecule has 1 aromatic rings. The zero-order valence-electron chi connectivity index (χ0n) is 10.2. The number of carbonyl (C=O) groups is 1. The second-order valence-corrected chi connectivity index (χ2v) is 4.81. The molecule has 0 atom stereocenters. The van der Waals surface area contributed by atoms with E-state index in [4.69, 9.17) is 11.5 Å². The predicted molar refractivity (Wildman–Crippen MR) is 68.8 cm³/mol. The largest absolute Gasteiger partial charge is 0.382 e. The van der Waals surface area contributed by atoms with Gasteiger partial charge in [-0.05, 0) is 43.9 Å². The zero-order valence-corrected chi connectivity index (χ0v) is 10.2. The van der Waals surface area contributed by atoms with Crippen LogP contribution in [0.25, 0.3) is 0 Å². The molecule has 2 rings (SSSR count). The van der Waals surface area contributed by atoms with E-state index in [1.165, 1.54) is 12.1 Å². The van der Waals surface area contributed by atoms with Crippen LogP contribution in [-0.4, -0.2) is 18.0 Å². The number of hydrogen-bond acceptors (Lipinski definition) is 3. The number of carbonyl (C=O) groups excluding carboxylic acids is 1. The standard InChI is InChI=1S/C13H18FN3O/c14-12-7-10(5-6-11(12)13(16)18)17-9-3-1-8(15)2-4-9/h5-9,17H,1-4,15H2,(H2,16,18)/t8-,9-. The third kappa shape index (κ3) is 2.98. The van der Waals surface area contributed by atoms with Crippen LogP contribution in [0.5, 0.6) is 0 Å². The van der Waals surface area contributed by atoms with Crippen molar-refractivity contribution in [1.29, 1.82) is 0 Å². The van der Waals surface area contributed by atoms with Gasteiger partial charge in [0, 0.05) is 17.8 Å². The van der Waals surface area contributed by atoms with Crippen molar-refractivity contribution < 1.29 is 9.18 Å². The minimum atomic E-state index is -0.748. The van der Waals surface area contributed by atoms with E-state index in [2.05, 4.69) is 5.32 Å². The molecule has 0 spiro atoms. The number of primary amides is 1. The van der Waals surface area contributed by atoms with Crippen LogP contribution < -0.4 is 16.8 Å². The van der Waals surface area contributed by atoms with Gasteiger partial charge in [0.2, 0.25) is 0 Å². The van der Waals surface area contributed by atoms with Crippen LogP contribution in [0.4, 0.5) is 10.1 Å². The maximum Gasteiger partial charge on any atom is 0.251 e. The number of nitrogens with one attached hydrogen (secondary N) is 1. The Hall–Kier alpha value is -1.62. The zero-order chi connectivity index (χ0) is 13.1. The minimum absolute atomic E-state index is 0.0776. The molecule has 18 heavy (non-hydrogen) atoms. The van der Waals surface area contributed by atoms with Gasteiger partial charge in [0.05, 0.1) is 5.56 Å². The predicted octanol–water partition coefficient (Wildman–Crippen LogP) is 1.61. The summed E-state index contributed by atoms with van der Waals surface area (Å²) in [5, 5.41) is 3.26. The number of anilines is 1. The fourth-order valence-electron chi connectivity index (χ4n) is 2.30. The van der Waals surface area contributed by atoms with Gasteiger partial charge in [0.1, 0.15) is 5.82 Å². The van der Waals surface area contributed by atoms with E-state index >= 15 is 0 Å². The monoisotopic (exact) mass is 251 g/mol. The van der Waals surface area contributed by atoms with E-state index < -0.39 is 11.7 Å². The number of rotatable bonds is 3. The van der Waals surface area contributed by atoms with Gasteiger partial charge in [-0.3, -0.25) is 4.79 Å². The molecule has 0 unspecified atom stereocenters. The van der Waals surface area contributed by atoms with Crippen LogP contribution in [-0.2, 0) is 0 Å². The fraction of sp³-hybridized carbons (Fsp3) is 0.462. The van der Waals surface area contributed by atoms with Gasteiger partial charge in [-0.2, -0.15) is 0 Å². The average molecular weight is 251 g/mol. The van der Waals surface area contributed by atoms with E-state index in [9.17, 15) is 9.18 Å². The second kappa shape index (κ2) is 5.35. The van der Waals surface area contributed by atoms with E-state index in [0.29, 0.717) is 11.7 Å². The van der Waals surface area contributed by atoms with Gasteiger partial charge in [-0.1, -0.05) is 0 Å². The Balaban J connectivity index is 2.02. The molecule has 5 N–H and O–H groups in total. The molecule has 0 heterocycles. The van der Waals surface area contributed by atoms with Gasteiger partial charge in [-0.25, -0.2) is 4.39 Å². The molecule has 1 aromatic carbocycles. The fourth-order valence-corrected chi connectivity index (χ4v) is 2.30. The Labute approximate surface area is 106 Å². The molecule has 1 saturated carbocycles. The number of hydrogen-bond donors (Lipinski definition) is 3. The molecule has 1 aliphatic carbocycles. The van der Waals surface area contributed by atoms with Gasteiger partial charge in [0.25, 0.3) is 5.91 Å². The van der Waals surface area contributed by atoms with E-state index in [0.717, 1.165) is 25.7 Å². The number of benzene rings is 1. The molecular formula is C13H18FN3O. The van der Waals surface area contributed by atoms with Crippen LogP contribution in [0.1, 0.15) is 36.0 Å². The Bertz CT molecular complexity index is 442. The molecule has 0 saturated heterocycles. The summed E-state index contributed by atoms with van der Waals surface area (Å²) in [7, 11) is 0. The van der Waals surface area contributed by atoms with E-state index in [-0.39, 0.29) is 11.6 Å². The minimum Gasteiger partial charge on any atom is -0.382 e. The third-order valence-corrected chi connectivity index (χ3v) is 3.38. The first kappa shape index (κ1) is 12.8. The summed E-state index contributed by atoms with van der Waals surface area (Å²) >= 11 is 0. The van der Waals surface area contributed by atoms with Gasteiger partial charge in [-0.15, -0.1) is 0 Å². The Morgan fingerprint density at radius 2 is 1.94 bits per heavy atom. The Morgan fingerprint density at radius 1 is 1.28 bits per heavy atom. The summed E-state index contributed by atoms with van der Waals surface area (Å²) in [4.78, 5) is 10.9. The van der Waals surface area contributed by atoms with Crippen molar-refractivity contribution in [3.8, 4) is 0 Å². The van der Waals surface area contributed by atoms with E-state index in [1.54, 1.807) is 6.07 Å². The van der Waals surface area contributed by atoms with Crippen molar-refractivity contribution in [2.45, 2.75) is 37.8 Å². The van der Waals surface area contributed by atoms with Gasteiger partial charge < -0.3 is 16.8 Å². The van der Waals surface area contributed by atoms with Crippen molar-refractivity contribution in [3.63, 3.8) is 0 Å². The van der Waals surface area contributed by atoms with Crippen molar-refractivity contribution in [2.24, 2.45) is 11.5 Å². The van der Waals surface area contributed by atoms with Crippen LogP contribution in [0.2, 0.25) is 0 Å². The first-order chi connectivity index (χ1) is 8.56. The molecule has 0 aliphatic heterocycles. The highest BCUT2D eigenvalue weighted by Crippen LogP contribution is 2.22. The molecule has 5 heteroatoms. The molecule has 1 fully saturated rings. The van der Waals surface area contributed by atoms with Crippen LogP contribution in [0.3, 0.4) is 0 Å². The number of nitrogens with two attached hydrogens (primary N) is 2. The molecule has 0 bridgehead atoms. The summed E-state index contributed by atoms with van der Waals surface area (Å²) in [5.41, 5.74) is 11.5. The molecule has 98 valence electrons. The second-order valence-electron chi connectivity index (χ2n) is 4.81. The quantitative estimate of drug-likeness (QED) is 0.763. The highest BCUT2D eigenvalue weighted by atomic mass is 19.1. The highest BCUT2D eigenvalue weighted by Gasteiger charge is 2.18. The highest BCUT2D eigenvalue weighted by molar-refractivity contribution is 5.93. The van der Waals surface area contributed by atoms with Crippen molar-refractivity contribution in [3.05, 3.63) is 29.6 Å². The summed E-state index contributed by atoms with van der Waals surface area (Å²) in [5.74, 6) is -1.33. The smallest absolute Gasteiger partial charge is 0.251 e. The van der Waals surface area contributed by atoms with Crippen molar-refractivity contribution in [2.75, 3.05) is 5.32 Å². The molecule has 0 radical (unpaired) electrons. The molecule has 1 aliphatic rings. The van der Waals surface area contributed by atoms with Gasteiger partial charge in [0.15, 0.2) is 0 Å². The van der Waals surface area contributed by atoms with Gasteiger partial charge >= 0.3 is 0 Å². The van der Waals surface area contributed by atoms with Crippen LogP contribution >= 0.6 is 0 Å². The van der Waals surface area contributed by atoms with Crippen molar-refractivity contribution >= 4 is 11.6 Å². The Kier molecular flexibility index (Phi) is 3.81.